The zero-order valence-electron chi connectivity index (χ0n) is 15.9. The van der Waals surface area contributed by atoms with Gasteiger partial charge in [-0.25, -0.2) is 4.98 Å². The van der Waals surface area contributed by atoms with Gasteiger partial charge in [-0.1, -0.05) is 48.3 Å². The molecule has 0 radical (unpaired) electrons. The minimum atomic E-state index is 0. The molecule has 2 heterocycles. The van der Waals surface area contributed by atoms with Crippen molar-refractivity contribution in [3.8, 4) is 5.75 Å². The van der Waals surface area contributed by atoms with Gasteiger partial charge in [0.1, 0.15) is 5.70 Å². The molecule has 0 saturated carbocycles. The van der Waals surface area contributed by atoms with E-state index < -0.39 is 0 Å². The molecule has 0 atom stereocenters. The van der Waals surface area contributed by atoms with Crippen molar-refractivity contribution < 1.29 is 19.8 Å². The average molecular weight is 368 g/mol. The summed E-state index contributed by atoms with van der Waals surface area (Å²) < 4.78 is 1.78. The van der Waals surface area contributed by atoms with Crippen LogP contribution < -0.4 is 15.2 Å². The van der Waals surface area contributed by atoms with Gasteiger partial charge in [-0.05, 0) is 37.3 Å². The monoisotopic (exact) mass is 368 g/mol. The fourth-order valence-electron chi connectivity index (χ4n) is 3.10. The van der Waals surface area contributed by atoms with Gasteiger partial charge in [0.05, 0.1) is 0 Å². The van der Waals surface area contributed by atoms with Crippen molar-refractivity contribution in [2.24, 2.45) is 0 Å². The second kappa shape index (κ2) is 10.3. The summed E-state index contributed by atoms with van der Waals surface area (Å²) >= 11 is 0. The Hall–Kier alpha value is -3.10. The fraction of sp³-hybridized carbons (Fsp3) is 0.174. The number of pyridine rings is 1. The molecule has 4 rings (SSSR count). The zero-order valence-corrected chi connectivity index (χ0v) is 15.9. The standard InChI is InChI=1S/C12H13NO.C11H11NO.Be/c1-13-9-5-4-7-11(13)10-6-2-3-8-12(10)14;13-11-7-2-1-5-9(11)10-6-3-4-8-12-10;/h2-3,6-9,14H,1,4-5H2;2-4,6-8,13H,1,5H2;/q;;+2/p-1. The Labute approximate surface area is 170 Å². The topological polar surface area (TPSA) is 63.3 Å². The van der Waals surface area contributed by atoms with E-state index in [-0.39, 0.29) is 21.6 Å². The second-order valence-electron chi connectivity index (χ2n) is 6.38. The molecule has 2 aromatic rings. The molecule has 0 bridgehead atoms. The second-order valence-corrected chi connectivity index (χ2v) is 6.38. The minimum absolute atomic E-state index is 0. The van der Waals surface area contributed by atoms with Gasteiger partial charge in [-0.3, -0.25) is 0 Å². The van der Waals surface area contributed by atoms with E-state index in [9.17, 15) is 10.2 Å². The third kappa shape index (κ3) is 5.21. The van der Waals surface area contributed by atoms with E-state index in [1.54, 1.807) is 22.8 Å². The van der Waals surface area contributed by atoms with Crippen LogP contribution in [0.25, 0.3) is 11.3 Å². The average Bonchev–Trinajstić information content (AvgIpc) is 2.71. The Kier molecular flexibility index (Phi) is 7.79. The Morgan fingerprint density at radius 2 is 1.75 bits per heavy atom. The predicted molar refractivity (Wildman–Crippen MR) is 109 cm³/mol. The Bertz CT molecular complexity index is 915. The Balaban J connectivity index is 0.000000194. The normalized spacial score (nSPS) is 15.6. The van der Waals surface area contributed by atoms with Crippen LogP contribution in [0.5, 0.6) is 5.75 Å². The summed E-state index contributed by atoms with van der Waals surface area (Å²) in [5.74, 6) is 0.191. The number of H-pyrrole nitrogens is 1. The van der Waals surface area contributed by atoms with Crippen LogP contribution in [0.2, 0.25) is 0 Å². The van der Waals surface area contributed by atoms with E-state index in [0.717, 1.165) is 48.2 Å². The quantitative estimate of drug-likeness (QED) is 0.464. The largest absolute Gasteiger partial charge is 2.00 e. The number of allylic oxidation sites excluding steroid dienone is 4. The van der Waals surface area contributed by atoms with Crippen molar-refractivity contribution in [3.63, 3.8) is 0 Å². The molecule has 5 heteroatoms. The summed E-state index contributed by atoms with van der Waals surface area (Å²) in [4.78, 5) is 3.08. The number of para-hydroxylation sites is 1. The fourth-order valence-corrected chi connectivity index (χ4v) is 3.10. The number of hydrogen-bond donors (Lipinski definition) is 0. The molecule has 138 valence electrons. The van der Waals surface area contributed by atoms with Crippen LogP contribution in [0.4, 0.5) is 0 Å². The maximum atomic E-state index is 11.6. The third-order valence-electron chi connectivity index (χ3n) is 4.49. The molecule has 0 fully saturated rings. The number of rotatable bonds is 2. The summed E-state index contributed by atoms with van der Waals surface area (Å²) in [6, 6.07) is 12.8. The van der Waals surface area contributed by atoms with E-state index in [2.05, 4.69) is 18.1 Å². The maximum Gasteiger partial charge on any atom is 2.00 e. The number of benzene rings is 1. The van der Waals surface area contributed by atoms with E-state index in [0.29, 0.717) is 0 Å². The zero-order chi connectivity index (χ0) is 19.1. The van der Waals surface area contributed by atoms with Crippen LogP contribution in [-0.4, -0.2) is 20.9 Å². The van der Waals surface area contributed by atoms with E-state index >= 15 is 0 Å². The van der Waals surface area contributed by atoms with Crippen LogP contribution in [0.1, 0.15) is 36.9 Å². The van der Waals surface area contributed by atoms with Gasteiger partial charge in [0.15, 0.2) is 6.20 Å². The van der Waals surface area contributed by atoms with Crippen LogP contribution in [-0.2, 0) is 0 Å². The van der Waals surface area contributed by atoms with Crippen LogP contribution in [0.15, 0.2) is 72.6 Å². The summed E-state index contributed by atoms with van der Waals surface area (Å²) in [6.07, 6.45) is 13.3. The van der Waals surface area contributed by atoms with Gasteiger partial charge in [-0.2, -0.15) is 0 Å². The van der Waals surface area contributed by atoms with Crippen molar-refractivity contribution in [2.45, 2.75) is 25.7 Å². The number of aromatic nitrogens is 1. The molecule has 1 N–H and O–H groups in total. The molecular formula is C23H23BeN2O2+. The van der Waals surface area contributed by atoms with Crippen molar-refractivity contribution in [1.82, 2.24) is 0 Å². The first-order chi connectivity index (χ1) is 13.2. The molecule has 28 heavy (non-hydrogen) atoms. The molecule has 0 amide bonds. The van der Waals surface area contributed by atoms with Gasteiger partial charge < -0.3 is 14.8 Å². The molecular weight excluding hydrogens is 345 g/mol. The Morgan fingerprint density at radius 1 is 0.964 bits per heavy atom. The summed E-state index contributed by atoms with van der Waals surface area (Å²) in [5.41, 5.74) is 3.49. The first kappa shape index (κ1) is 21.2. The van der Waals surface area contributed by atoms with Gasteiger partial charge in [-0.15, -0.1) is 5.75 Å². The van der Waals surface area contributed by atoms with Crippen LogP contribution >= 0.6 is 0 Å². The van der Waals surface area contributed by atoms with Crippen LogP contribution in [0.3, 0.4) is 0 Å². The first-order valence-corrected chi connectivity index (χ1v) is 9.10. The number of nitrogens with zero attached hydrogens (tertiary/aromatic N) is 1. The minimum Gasteiger partial charge on any atom is -0.873 e. The molecule has 4 nitrogen and oxygen atoms in total. The summed E-state index contributed by atoms with van der Waals surface area (Å²) in [6.45, 7) is 0. The van der Waals surface area contributed by atoms with Crippen LogP contribution in [0, 0.1) is 7.05 Å². The summed E-state index contributed by atoms with van der Waals surface area (Å²) in [7, 11) is 3.87. The van der Waals surface area contributed by atoms with Gasteiger partial charge in [0.25, 0.3) is 0 Å². The molecule has 1 aromatic carbocycles. The van der Waals surface area contributed by atoms with Crippen molar-refractivity contribution in [1.29, 1.82) is 0 Å². The molecule has 0 spiro atoms. The number of aromatic amines is 1. The van der Waals surface area contributed by atoms with Crippen molar-refractivity contribution in [3.05, 3.63) is 91.0 Å². The first-order valence-electron chi connectivity index (χ1n) is 9.10. The molecule has 2 aliphatic rings. The molecule has 0 saturated heterocycles. The van der Waals surface area contributed by atoms with Crippen molar-refractivity contribution in [2.75, 3.05) is 0 Å². The molecule has 1 aliphatic heterocycles. The van der Waals surface area contributed by atoms with E-state index in [1.807, 2.05) is 48.8 Å². The Morgan fingerprint density at radius 3 is 2.43 bits per heavy atom. The van der Waals surface area contributed by atoms with Crippen molar-refractivity contribution >= 4 is 27.6 Å². The molecule has 0 unspecified atom stereocenters. The van der Waals surface area contributed by atoms with Gasteiger partial charge in [0, 0.05) is 31.0 Å². The summed E-state index contributed by atoms with van der Waals surface area (Å²) in [5, 5.41) is 23.0. The number of hydrogen-bond acceptors (Lipinski definition) is 2. The van der Waals surface area contributed by atoms with Gasteiger partial charge in [0.2, 0.25) is 5.69 Å². The SMILES string of the molecule is [Be+2].[CH2-][N+]1=CCCC=C1c1ccccc1[O-].[O-]C1=C(c2cccc[nH+]2)CCC=C1. The third-order valence-corrected chi connectivity index (χ3v) is 4.49. The van der Waals surface area contributed by atoms with E-state index in [1.165, 1.54) is 0 Å². The smallest absolute Gasteiger partial charge is 0.873 e. The van der Waals surface area contributed by atoms with E-state index in [4.69, 9.17) is 0 Å². The molecule has 1 aromatic heterocycles. The van der Waals surface area contributed by atoms with Gasteiger partial charge >= 0.3 is 10.1 Å². The maximum absolute atomic E-state index is 11.6. The predicted octanol–water partition coefficient (Wildman–Crippen LogP) is 2.31. The molecule has 1 aliphatic carbocycles. The number of nitrogens with one attached hydrogen (secondary N) is 1.